The van der Waals surface area contributed by atoms with Gasteiger partial charge in [-0.05, 0) is 31.0 Å². The molecule has 0 radical (unpaired) electrons. The Hall–Kier alpha value is -0.790. The van der Waals surface area contributed by atoms with E-state index in [0.29, 0.717) is 10.7 Å². The van der Waals surface area contributed by atoms with Crippen molar-refractivity contribution in [2.24, 2.45) is 0 Å². The Bertz CT molecular complexity index is 697. The molecule has 0 unspecified atom stereocenters. The van der Waals surface area contributed by atoms with Crippen LogP contribution in [0.25, 0.3) is 0 Å². The van der Waals surface area contributed by atoms with Crippen molar-refractivity contribution in [3.8, 4) is 0 Å². The minimum absolute atomic E-state index is 0.0762. The highest BCUT2D eigenvalue weighted by Crippen LogP contribution is 2.24. The first kappa shape index (κ1) is 14.6. The predicted octanol–water partition coefficient (Wildman–Crippen LogP) is 1.58. The van der Waals surface area contributed by atoms with E-state index in [2.05, 4.69) is 4.72 Å². The normalized spacial score (nSPS) is 22.3. The number of aryl methyl sites for hydroxylation is 1. The first-order chi connectivity index (χ1) is 8.70. The maximum Gasteiger partial charge on any atom is 0.236 e. The molecular formula is C11H14ClNO4S2. The number of hydrogen-bond acceptors (Lipinski definition) is 4. The van der Waals surface area contributed by atoms with Gasteiger partial charge in [-0.25, -0.2) is 16.8 Å². The van der Waals surface area contributed by atoms with Crippen LogP contribution in [-0.4, -0.2) is 33.6 Å². The average molecular weight is 324 g/mol. The summed E-state index contributed by atoms with van der Waals surface area (Å²) in [5.74, 6) is -0.394. The zero-order chi connectivity index (χ0) is 14.3. The van der Waals surface area contributed by atoms with Crippen LogP contribution in [0.5, 0.6) is 0 Å². The fourth-order valence-electron chi connectivity index (χ4n) is 1.91. The maximum absolute atomic E-state index is 12.1. The molecule has 1 aromatic carbocycles. The molecule has 0 aromatic heterocycles. The molecule has 5 nitrogen and oxygen atoms in total. The van der Waals surface area contributed by atoms with Crippen molar-refractivity contribution in [3.63, 3.8) is 0 Å². The Balaban J connectivity index is 2.20. The lowest BCUT2D eigenvalue weighted by atomic mass is 10.2. The number of anilines is 1. The lowest BCUT2D eigenvalue weighted by Gasteiger charge is -2.13. The fourth-order valence-corrected chi connectivity index (χ4v) is 6.17. The van der Waals surface area contributed by atoms with Crippen LogP contribution in [0.4, 0.5) is 5.69 Å². The number of rotatable bonds is 3. The Morgan fingerprint density at radius 3 is 2.58 bits per heavy atom. The van der Waals surface area contributed by atoms with Crippen molar-refractivity contribution in [1.29, 1.82) is 0 Å². The van der Waals surface area contributed by atoms with Crippen LogP contribution in [0.2, 0.25) is 5.02 Å². The summed E-state index contributed by atoms with van der Waals surface area (Å²) >= 11 is 5.92. The molecule has 2 rings (SSSR count). The summed E-state index contributed by atoms with van der Waals surface area (Å²) in [4.78, 5) is 0. The Labute approximate surface area is 117 Å². The van der Waals surface area contributed by atoms with E-state index < -0.39 is 25.1 Å². The number of sulfonamides is 1. The summed E-state index contributed by atoms with van der Waals surface area (Å²) in [5.41, 5.74) is 1.19. The average Bonchev–Trinajstić information content (AvgIpc) is 2.65. The van der Waals surface area contributed by atoms with Gasteiger partial charge >= 0.3 is 0 Å². The van der Waals surface area contributed by atoms with Crippen molar-refractivity contribution in [2.45, 2.75) is 18.6 Å². The van der Waals surface area contributed by atoms with Crippen LogP contribution in [0.3, 0.4) is 0 Å². The molecule has 19 heavy (non-hydrogen) atoms. The van der Waals surface area contributed by atoms with Crippen molar-refractivity contribution >= 4 is 37.1 Å². The zero-order valence-electron chi connectivity index (χ0n) is 10.3. The highest BCUT2D eigenvalue weighted by molar-refractivity contribution is 7.97. The largest absolute Gasteiger partial charge is 0.283 e. The fraction of sp³-hybridized carbons (Fsp3) is 0.455. The van der Waals surface area contributed by atoms with E-state index in [1.165, 1.54) is 6.07 Å². The number of hydrogen-bond donors (Lipinski definition) is 1. The number of halogens is 1. The maximum atomic E-state index is 12.1. The van der Waals surface area contributed by atoms with E-state index in [1.807, 2.05) is 6.92 Å². The molecule has 0 spiro atoms. The van der Waals surface area contributed by atoms with Crippen LogP contribution >= 0.6 is 11.6 Å². The van der Waals surface area contributed by atoms with Crippen LogP contribution < -0.4 is 4.72 Å². The van der Waals surface area contributed by atoms with Gasteiger partial charge in [-0.2, -0.15) is 0 Å². The molecule has 1 fully saturated rings. The molecule has 0 bridgehead atoms. The predicted molar refractivity (Wildman–Crippen MR) is 75.8 cm³/mol. The molecule has 0 aliphatic carbocycles. The third kappa shape index (κ3) is 3.40. The van der Waals surface area contributed by atoms with E-state index in [0.717, 1.165) is 5.56 Å². The topological polar surface area (TPSA) is 80.3 Å². The molecule has 1 N–H and O–H groups in total. The van der Waals surface area contributed by atoms with Crippen LogP contribution in [-0.2, 0) is 19.9 Å². The van der Waals surface area contributed by atoms with Crippen LogP contribution in [0, 0.1) is 6.92 Å². The standard InChI is InChI=1S/C11H14ClNO4S2/c1-8-2-3-9(6-11(8)12)13-19(16,17)10-4-5-18(14,15)7-10/h2-3,6,10,13H,4-5,7H2,1H3/t10-/m1/s1. The Kier molecular flexibility index (Phi) is 3.81. The van der Waals surface area contributed by atoms with Gasteiger partial charge in [-0.1, -0.05) is 17.7 Å². The molecule has 0 amide bonds. The van der Waals surface area contributed by atoms with E-state index in [9.17, 15) is 16.8 Å². The van der Waals surface area contributed by atoms with Gasteiger partial charge in [0.2, 0.25) is 10.0 Å². The lowest BCUT2D eigenvalue weighted by Crippen LogP contribution is -2.28. The SMILES string of the molecule is Cc1ccc(NS(=O)(=O)[C@@H]2CCS(=O)(=O)C2)cc1Cl. The molecule has 1 aromatic rings. The second-order valence-electron chi connectivity index (χ2n) is 4.64. The van der Waals surface area contributed by atoms with Crippen molar-refractivity contribution in [3.05, 3.63) is 28.8 Å². The van der Waals surface area contributed by atoms with E-state index >= 15 is 0 Å². The third-order valence-corrected chi connectivity index (χ3v) is 7.25. The first-order valence-electron chi connectivity index (χ1n) is 5.68. The minimum atomic E-state index is -3.70. The van der Waals surface area contributed by atoms with E-state index in [1.54, 1.807) is 12.1 Å². The molecule has 1 aliphatic heterocycles. The summed E-state index contributed by atoms with van der Waals surface area (Å²) in [6.07, 6.45) is 0.136. The number of sulfone groups is 1. The van der Waals surface area contributed by atoms with Gasteiger partial charge in [0.1, 0.15) is 0 Å². The summed E-state index contributed by atoms with van der Waals surface area (Å²) in [5, 5.41) is -0.433. The van der Waals surface area contributed by atoms with Gasteiger partial charge in [-0.15, -0.1) is 0 Å². The third-order valence-electron chi connectivity index (χ3n) is 3.06. The van der Waals surface area contributed by atoms with Gasteiger partial charge in [0.15, 0.2) is 9.84 Å². The summed E-state index contributed by atoms with van der Waals surface area (Å²) in [7, 11) is -6.93. The molecule has 1 atom stereocenters. The second-order valence-corrected chi connectivity index (χ2v) is 9.23. The number of nitrogens with one attached hydrogen (secondary N) is 1. The molecule has 1 heterocycles. The van der Waals surface area contributed by atoms with Gasteiger partial charge in [0.05, 0.1) is 16.8 Å². The minimum Gasteiger partial charge on any atom is -0.283 e. The molecule has 8 heteroatoms. The summed E-state index contributed by atoms with van der Waals surface area (Å²) < 4.78 is 49.2. The molecule has 106 valence electrons. The quantitative estimate of drug-likeness (QED) is 0.915. The van der Waals surface area contributed by atoms with Crippen LogP contribution in [0.1, 0.15) is 12.0 Å². The molecular weight excluding hydrogens is 310 g/mol. The van der Waals surface area contributed by atoms with Crippen molar-refractivity contribution < 1.29 is 16.8 Å². The Morgan fingerprint density at radius 2 is 2.05 bits per heavy atom. The van der Waals surface area contributed by atoms with Gasteiger partial charge in [0.25, 0.3) is 0 Å². The highest BCUT2D eigenvalue weighted by Gasteiger charge is 2.37. The van der Waals surface area contributed by atoms with Gasteiger partial charge in [-0.3, -0.25) is 4.72 Å². The zero-order valence-corrected chi connectivity index (χ0v) is 12.6. The van der Waals surface area contributed by atoms with Gasteiger partial charge < -0.3 is 0 Å². The van der Waals surface area contributed by atoms with Crippen LogP contribution in [0.15, 0.2) is 18.2 Å². The summed E-state index contributed by atoms with van der Waals surface area (Å²) in [6.45, 7) is 1.81. The van der Waals surface area contributed by atoms with E-state index in [-0.39, 0.29) is 17.9 Å². The van der Waals surface area contributed by atoms with Gasteiger partial charge in [0, 0.05) is 10.7 Å². The molecule has 1 aliphatic rings. The van der Waals surface area contributed by atoms with E-state index in [4.69, 9.17) is 11.6 Å². The Morgan fingerprint density at radius 1 is 1.37 bits per heavy atom. The van der Waals surface area contributed by atoms with Crippen molar-refractivity contribution in [1.82, 2.24) is 0 Å². The molecule has 1 saturated heterocycles. The first-order valence-corrected chi connectivity index (χ1v) is 9.42. The number of benzene rings is 1. The van der Waals surface area contributed by atoms with Crippen molar-refractivity contribution in [2.75, 3.05) is 16.2 Å². The second kappa shape index (κ2) is 4.96. The smallest absolute Gasteiger partial charge is 0.236 e. The monoisotopic (exact) mass is 323 g/mol. The lowest BCUT2D eigenvalue weighted by molar-refractivity contribution is 0.587. The summed E-state index contributed by atoms with van der Waals surface area (Å²) in [6, 6.07) is 4.81. The highest BCUT2D eigenvalue weighted by atomic mass is 35.5. The molecule has 0 saturated carbocycles.